The van der Waals surface area contributed by atoms with Crippen molar-refractivity contribution in [3.8, 4) is 0 Å². The molecule has 0 N–H and O–H groups in total. The Balaban J connectivity index is 4.11. The summed E-state index contributed by atoms with van der Waals surface area (Å²) in [7, 11) is 0. The van der Waals surface area contributed by atoms with Gasteiger partial charge >= 0.3 is 17.9 Å². The fourth-order valence-corrected chi connectivity index (χ4v) is 10.7. The van der Waals surface area contributed by atoms with E-state index < -0.39 is 6.10 Å². The summed E-state index contributed by atoms with van der Waals surface area (Å²) >= 11 is 0. The highest BCUT2D eigenvalue weighted by molar-refractivity contribution is 5.71. The van der Waals surface area contributed by atoms with Crippen LogP contribution in [0.5, 0.6) is 0 Å². The zero-order valence-electron chi connectivity index (χ0n) is 52.3. The molecule has 0 spiro atoms. The van der Waals surface area contributed by atoms with Gasteiger partial charge in [-0.15, -0.1) is 0 Å². The number of allylic oxidation sites excluding steroid dienone is 4. The van der Waals surface area contributed by atoms with Gasteiger partial charge in [0.05, 0.1) is 0 Å². The van der Waals surface area contributed by atoms with Crippen LogP contribution in [0.2, 0.25) is 0 Å². The van der Waals surface area contributed by atoms with Crippen LogP contribution in [0.25, 0.3) is 0 Å². The van der Waals surface area contributed by atoms with Crippen molar-refractivity contribution in [2.75, 3.05) is 13.2 Å². The first kappa shape index (κ1) is 74.9. The molecule has 6 heteroatoms. The van der Waals surface area contributed by atoms with Gasteiger partial charge in [-0.1, -0.05) is 347 Å². The highest BCUT2D eigenvalue weighted by atomic mass is 16.6. The molecule has 0 rings (SSSR count). The second kappa shape index (κ2) is 66.4. The Kier molecular flexibility index (Phi) is 64.6. The SMILES string of the molecule is CCCCCC/C=C\C/C=C\CCCCCCCCCC(=O)OC(COC(=O)CCCCCCCCCCCCC)COC(=O)CCCCCCCCCCCCCCCCCCCCCCCCCCCCCCCC. The van der Waals surface area contributed by atoms with Gasteiger partial charge in [-0.25, -0.2) is 0 Å². The second-order valence-corrected chi connectivity index (χ2v) is 23.8. The van der Waals surface area contributed by atoms with Gasteiger partial charge in [0.2, 0.25) is 0 Å². The lowest BCUT2D eigenvalue weighted by Gasteiger charge is -2.18. The third-order valence-corrected chi connectivity index (χ3v) is 16.0. The van der Waals surface area contributed by atoms with Crippen molar-refractivity contribution in [1.82, 2.24) is 0 Å². The van der Waals surface area contributed by atoms with Crippen LogP contribution in [0.4, 0.5) is 0 Å². The standard InChI is InChI=1S/C71H134O6/c1-4-7-10-13-16-19-22-24-26-28-30-31-32-33-34-35-36-37-38-39-40-41-43-44-46-49-52-55-58-61-64-70(73)76-67-68(66-75-69(72)63-60-57-54-51-48-21-18-15-12-9-6-3)77-71(74)65-62-59-56-53-50-47-45-42-29-27-25-23-20-17-14-11-8-5-2/h20,23,27,29,68H,4-19,21-22,24-26,28,30-67H2,1-3H3/b23-20-,29-27-. The summed E-state index contributed by atoms with van der Waals surface area (Å²) in [5.74, 6) is -0.849. The average Bonchev–Trinajstić information content (AvgIpc) is 3.43. The molecular weight excluding hydrogens is 949 g/mol. The van der Waals surface area contributed by atoms with Crippen LogP contribution >= 0.6 is 0 Å². The molecule has 1 unspecified atom stereocenters. The van der Waals surface area contributed by atoms with Crippen molar-refractivity contribution in [2.24, 2.45) is 0 Å². The van der Waals surface area contributed by atoms with Gasteiger partial charge < -0.3 is 14.2 Å². The summed E-state index contributed by atoms with van der Waals surface area (Å²) in [6.45, 7) is 6.68. The number of hydrogen-bond acceptors (Lipinski definition) is 6. The topological polar surface area (TPSA) is 78.9 Å². The molecule has 0 aromatic carbocycles. The van der Waals surface area contributed by atoms with E-state index in [9.17, 15) is 14.4 Å². The van der Waals surface area contributed by atoms with Crippen LogP contribution in [-0.2, 0) is 28.6 Å². The number of carbonyl (C=O) groups is 3. The Morgan fingerprint density at radius 2 is 0.468 bits per heavy atom. The number of carbonyl (C=O) groups excluding carboxylic acids is 3. The van der Waals surface area contributed by atoms with Crippen LogP contribution in [0.15, 0.2) is 24.3 Å². The number of rotatable bonds is 65. The molecule has 6 nitrogen and oxygen atoms in total. The maximum absolute atomic E-state index is 12.9. The molecule has 454 valence electrons. The van der Waals surface area contributed by atoms with Gasteiger partial charge in [-0.05, 0) is 51.4 Å². The van der Waals surface area contributed by atoms with Gasteiger partial charge in [0.25, 0.3) is 0 Å². The van der Waals surface area contributed by atoms with E-state index in [4.69, 9.17) is 14.2 Å². The maximum Gasteiger partial charge on any atom is 0.306 e. The Morgan fingerprint density at radius 3 is 0.727 bits per heavy atom. The number of hydrogen-bond donors (Lipinski definition) is 0. The van der Waals surface area contributed by atoms with Crippen LogP contribution in [0.1, 0.15) is 393 Å². The molecule has 0 aliphatic rings. The quantitative estimate of drug-likeness (QED) is 0.0261. The van der Waals surface area contributed by atoms with Crippen molar-refractivity contribution in [3.63, 3.8) is 0 Å². The van der Waals surface area contributed by atoms with Gasteiger partial charge in [0, 0.05) is 19.3 Å². The third kappa shape index (κ3) is 64.6. The Labute approximate surface area is 481 Å². The molecule has 0 saturated heterocycles. The van der Waals surface area contributed by atoms with Crippen molar-refractivity contribution in [1.29, 1.82) is 0 Å². The number of ether oxygens (including phenoxy) is 3. The Bertz CT molecular complexity index is 1240. The van der Waals surface area contributed by atoms with Gasteiger partial charge in [-0.3, -0.25) is 14.4 Å². The lowest BCUT2D eigenvalue weighted by Crippen LogP contribution is -2.30. The summed E-state index contributed by atoms with van der Waals surface area (Å²) in [6.07, 6.45) is 80.8. The minimum Gasteiger partial charge on any atom is -0.462 e. The largest absolute Gasteiger partial charge is 0.462 e. The van der Waals surface area contributed by atoms with E-state index in [0.717, 1.165) is 70.6 Å². The molecule has 0 aromatic heterocycles. The van der Waals surface area contributed by atoms with Crippen molar-refractivity contribution >= 4 is 17.9 Å². The Hall–Kier alpha value is -2.11. The smallest absolute Gasteiger partial charge is 0.306 e. The van der Waals surface area contributed by atoms with Gasteiger partial charge in [0.15, 0.2) is 6.10 Å². The predicted octanol–water partition coefficient (Wildman–Crippen LogP) is 23.8. The summed E-state index contributed by atoms with van der Waals surface area (Å²) in [6, 6.07) is 0. The zero-order chi connectivity index (χ0) is 55.7. The predicted molar refractivity (Wildman–Crippen MR) is 335 cm³/mol. The molecule has 0 amide bonds. The average molecular weight is 1080 g/mol. The first-order chi connectivity index (χ1) is 38.0. The van der Waals surface area contributed by atoms with E-state index in [0.29, 0.717) is 19.3 Å². The van der Waals surface area contributed by atoms with Crippen LogP contribution in [-0.4, -0.2) is 37.2 Å². The molecule has 0 heterocycles. The van der Waals surface area contributed by atoms with E-state index in [1.165, 1.54) is 283 Å². The minimum absolute atomic E-state index is 0.0686. The Morgan fingerprint density at radius 1 is 0.260 bits per heavy atom. The molecule has 0 bridgehead atoms. The lowest BCUT2D eigenvalue weighted by atomic mass is 10.0. The molecule has 0 radical (unpaired) electrons. The molecule has 0 aromatic rings. The number of unbranched alkanes of at least 4 members (excludes halogenated alkanes) is 50. The van der Waals surface area contributed by atoms with E-state index in [1.807, 2.05) is 0 Å². The minimum atomic E-state index is -0.772. The summed E-state index contributed by atoms with van der Waals surface area (Å²) < 4.78 is 16.9. The highest BCUT2D eigenvalue weighted by Crippen LogP contribution is 2.19. The fraction of sp³-hybridized carbons (Fsp3) is 0.901. The summed E-state index contributed by atoms with van der Waals surface area (Å²) in [4.78, 5) is 38.3. The van der Waals surface area contributed by atoms with E-state index in [-0.39, 0.29) is 31.1 Å². The van der Waals surface area contributed by atoms with Crippen LogP contribution in [0.3, 0.4) is 0 Å². The molecular formula is C71H134O6. The lowest BCUT2D eigenvalue weighted by molar-refractivity contribution is -0.167. The van der Waals surface area contributed by atoms with E-state index >= 15 is 0 Å². The molecule has 0 fully saturated rings. The zero-order valence-corrected chi connectivity index (χ0v) is 52.3. The van der Waals surface area contributed by atoms with Gasteiger partial charge in [-0.2, -0.15) is 0 Å². The second-order valence-electron chi connectivity index (χ2n) is 23.8. The molecule has 0 aliphatic carbocycles. The molecule has 1 atom stereocenters. The van der Waals surface area contributed by atoms with Crippen molar-refractivity contribution < 1.29 is 28.6 Å². The first-order valence-corrected chi connectivity index (χ1v) is 34.8. The van der Waals surface area contributed by atoms with Crippen LogP contribution in [0, 0.1) is 0 Å². The molecule has 0 aliphatic heterocycles. The third-order valence-electron chi connectivity index (χ3n) is 16.0. The van der Waals surface area contributed by atoms with Crippen molar-refractivity contribution in [2.45, 2.75) is 399 Å². The van der Waals surface area contributed by atoms with Gasteiger partial charge in [0.1, 0.15) is 13.2 Å². The number of esters is 3. The van der Waals surface area contributed by atoms with E-state index in [1.54, 1.807) is 0 Å². The van der Waals surface area contributed by atoms with E-state index in [2.05, 4.69) is 45.1 Å². The molecule has 0 saturated carbocycles. The summed E-state index contributed by atoms with van der Waals surface area (Å²) in [5, 5.41) is 0. The molecule has 77 heavy (non-hydrogen) atoms. The summed E-state index contributed by atoms with van der Waals surface area (Å²) in [5.41, 5.74) is 0. The monoisotopic (exact) mass is 1080 g/mol. The highest BCUT2D eigenvalue weighted by Gasteiger charge is 2.19. The van der Waals surface area contributed by atoms with Crippen molar-refractivity contribution in [3.05, 3.63) is 24.3 Å². The first-order valence-electron chi connectivity index (χ1n) is 34.8. The fourth-order valence-electron chi connectivity index (χ4n) is 10.7. The maximum atomic E-state index is 12.9. The van der Waals surface area contributed by atoms with Crippen LogP contribution < -0.4 is 0 Å². The normalized spacial score (nSPS) is 12.1.